The van der Waals surface area contributed by atoms with E-state index >= 15 is 0 Å². The number of pyridine rings is 1. The minimum Gasteiger partial charge on any atom is -0.477 e. The van der Waals surface area contributed by atoms with Gasteiger partial charge in [-0.3, -0.25) is 9.78 Å². The number of halogens is 3. The van der Waals surface area contributed by atoms with E-state index < -0.39 is 12.2 Å². The SMILES string of the molecule is CC(=O)N1CCN(c2ccc(CCOc3nc(N)nc(-c4ccc(F)cc4)c3-c3cc(C)nc(C(F)F)c3)cc2)CC1. The highest BCUT2D eigenvalue weighted by Crippen LogP contribution is 2.39. The lowest BCUT2D eigenvalue weighted by molar-refractivity contribution is -0.129. The van der Waals surface area contributed by atoms with Crippen LogP contribution in [0.25, 0.3) is 22.4 Å². The van der Waals surface area contributed by atoms with Gasteiger partial charge in [0.25, 0.3) is 6.43 Å². The number of nitrogens with two attached hydrogens (primary N) is 1. The molecule has 0 radical (unpaired) electrons. The van der Waals surface area contributed by atoms with E-state index in [2.05, 4.69) is 19.9 Å². The molecule has 8 nitrogen and oxygen atoms in total. The Labute approximate surface area is 242 Å². The number of carbonyl (C=O) groups is 1. The molecular formula is C31H31F3N6O2. The molecular weight excluding hydrogens is 545 g/mol. The Morgan fingerprint density at radius 3 is 2.29 bits per heavy atom. The number of benzene rings is 2. The van der Waals surface area contributed by atoms with Crippen molar-refractivity contribution in [1.29, 1.82) is 0 Å². The lowest BCUT2D eigenvalue weighted by Gasteiger charge is -2.35. The summed E-state index contributed by atoms with van der Waals surface area (Å²) in [5.41, 5.74) is 9.77. The van der Waals surface area contributed by atoms with Crippen LogP contribution in [0.2, 0.25) is 0 Å². The first-order valence-electron chi connectivity index (χ1n) is 13.6. The Balaban J connectivity index is 1.39. The van der Waals surface area contributed by atoms with Gasteiger partial charge in [-0.1, -0.05) is 12.1 Å². The second-order valence-corrected chi connectivity index (χ2v) is 10.1. The molecule has 1 fully saturated rings. The first-order chi connectivity index (χ1) is 20.2. The van der Waals surface area contributed by atoms with Crippen LogP contribution < -0.4 is 15.4 Å². The van der Waals surface area contributed by atoms with E-state index in [1.807, 2.05) is 29.2 Å². The molecule has 0 atom stereocenters. The number of hydrogen-bond donors (Lipinski definition) is 1. The van der Waals surface area contributed by atoms with Crippen molar-refractivity contribution in [1.82, 2.24) is 19.9 Å². The third kappa shape index (κ3) is 6.62. The van der Waals surface area contributed by atoms with Gasteiger partial charge in [-0.2, -0.15) is 4.98 Å². The summed E-state index contributed by atoms with van der Waals surface area (Å²) >= 11 is 0. The topological polar surface area (TPSA) is 97.5 Å². The molecule has 0 saturated carbocycles. The molecule has 4 aromatic rings. The predicted molar refractivity (Wildman–Crippen MR) is 155 cm³/mol. The summed E-state index contributed by atoms with van der Waals surface area (Å²) in [6.07, 6.45) is -2.23. The summed E-state index contributed by atoms with van der Waals surface area (Å²) in [5, 5.41) is 0. The molecule has 0 unspecified atom stereocenters. The fourth-order valence-electron chi connectivity index (χ4n) is 5.01. The summed E-state index contributed by atoms with van der Waals surface area (Å²) in [5.74, 6) is -0.269. The maximum Gasteiger partial charge on any atom is 0.280 e. The number of aryl methyl sites for hydroxylation is 1. The zero-order valence-corrected chi connectivity index (χ0v) is 23.4. The highest BCUT2D eigenvalue weighted by Gasteiger charge is 2.22. The third-order valence-electron chi connectivity index (χ3n) is 7.15. The monoisotopic (exact) mass is 576 g/mol. The summed E-state index contributed by atoms with van der Waals surface area (Å²) in [6.45, 7) is 6.40. The van der Waals surface area contributed by atoms with Crippen molar-refractivity contribution in [3.05, 3.63) is 83.4 Å². The number of piperazine rings is 1. The molecule has 1 saturated heterocycles. The van der Waals surface area contributed by atoms with Crippen LogP contribution >= 0.6 is 0 Å². The summed E-state index contributed by atoms with van der Waals surface area (Å²) in [7, 11) is 0. The van der Waals surface area contributed by atoms with Crippen LogP contribution in [0.4, 0.5) is 24.8 Å². The van der Waals surface area contributed by atoms with E-state index in [4.69, 9.17) is 10.5 Å². The Kier molecular flexibility index (Phi) is 8.56. The van der Waals surface area contributed by atoms with Gasteiger partial charge >= 0.3 is 0 Å². The first kappa shape index (κ1) is 28.8. The standard InChI is InChI=1S/C31H31F3N6O2/c1-19-17-23(18-26(36-19)29(33)34)27-28(22-5-7-24(32)8-6-22)37-31(35)38-30(27)42-16-11-21-3-9-25(10-4-21)40-14-12-39(13-15-40)20(2)41/h3-10,17-18,29H,11-16H2,1-2H3,(H2,35,37,38). The molecule has 11 heteroatoms. The summed E-state index contributed by atoms with van der Waals surface area (Å²) in [4.78, 5) is 28.3. The largest absolute Gasteiger partial charge is 0.477 e. The van der Waals surface area contributed by atoms with Crippen molar-refractivity contribution in [3.63, 3.8) is 0 Å². The molecule has 5 rings (SSSR count). The predicted octanol–water partition coefficient (Wildman–Crippen LogP) is 5.46. The maximum absolute atomic E-state index is 13.7. The van der Waals surface area contributed by atoms with E-state index in [1.165, 1.54) is 30.3 Å². The van der Waals surface area contributed by atoms with Crippen LogP contribution in [0.15, 0.2) is 60.7 Å². The van der Waals surface area contributed by atoms with Crippen molar-refractivity contribution in [2.24, 2.45) is 0 Å². The van der Waals surface area contributed by atoms with Crippen LogP contribution in [0.3, 0.4) is 0 Å². The quantitative estimate of drug-likeness (QED) is 0.297. The number of ether oxygens (including phenoxy) is 1. The van der Waals surface area contributed by atoms with Gasteiger partial charge in [0, 0.05) is 56.5 Å². The second kappa shape index (κ2) is 12.5. The van der Waals surface area contributed by atoms with Crippen LogP contribution in [0.5, 0.6) is 5.88 Å². The van der Waals surface area contributed by atoms with E-state index in [-0.39, 0.29) is 30.0 Å². The maximum atomic E-state index is 13.7. The van der Waals surface area contributed by atoms with Gasteiger partial charge < -0.3 is 20.3 Å². The third-order valence-corrected chi connectivity index (χ3v) is 7.15. The average Bonchev–Trinajstić information content (AvgIpc) is 2.97. The Hall–Kier alpha value is -4.67. The molecule has 218 valence electrons. The molecule has 1 aliphatic rings. The lowest BCUT2D eigenvalue weighted by atomic mass is 9.99. The van der Waals surface area contributed by atoms with Crippen LogP contribution in [0.1, 0.15) is 30.3 Å². The fraction of sp³-hybridized carbons (Fsp3) is 0.290. The zero-order valence-electron chi connectivity index (χ0n) is 23.4. The molecule has 1 aliphatic heterocycles. The van der Waals surface area contributed by atoms with Crippen LogP contribution in [0, 0.1) is 12.7 Å². The van der Waals surface area contributed by atoms with Crippen LogP contribution in [-0.4, -0.2) is 58.5 Å². The molecule has 2 N–H and O–H groups in total. The van der Waals surface area contributed by atoms with Crippen molar-refractivity contribution in [2.75, 3.05) is 43.4 Å². The summed E-state index contributed by atoms with van der Waals surface area (Å²) < 4.78 is 47.1. The van der Waals surface area contributed by atoms with Crippen molar-refractivity contribution in [2.45, 2.75) is 26.7 Å². The van der Waals surface area contributed by atoms with Crippen molar-refractivity contribution >= 4 is 17.5 Å². The van der Waals surface area contributed by atoms with E-state index in [0.29, 0.717) is 47.6 Å². The highest BCUT2D eigenvalue weighted by molar-refractivity contribution is 5.85. The Morgan fingerprint density at radius 2 is 1.64 bits per heavy atom. The average molecular weight is 577 g/mol. The molecule has 0 aliphatic carbocycles. The number of amides is 1. The molecule has 42 heavy (non-hydrogen) atoms. The molecule has 0 bridgehead atoms. The lowest BCUT2D eigenvalue weighted by Crippen LogP contribution is -2.48. The van der Waals surface area contributed by atoms with E-state index in [9.17, 15) is 18.0 Å². The normalized spacial score (nSPS) is 13.5. The highest BCUT2D eigenvalue weighted by atomic mass is 19.3. The van der Waals surface area contributed by atoms with Gasteiger partial charge in [0.1, 0.15) is 11.5 Å². The zero-order chi connectivity index (χ0) is 29.8. The summed E-state index contributed by atoms with van der Waals surface area (Å²) in [6, 6.07) is 16.7. The number of nitrogens with zero attached hydrogens (tertiary/aromatic N) is 5. The van der Waals surface area contributed by atoms with Gasteiger partial charge in [0.2, 0.25) is 17.7 Å². The van der Waals surface area contributed by atoms with E-state index in [1.54, 1.807) is 19.9 Å². The van der Waals surface area contributed by atoms with Crippen molar-refractivity contribution < 1.29 is 22.7 Å². The number of carbonyl (C=O) groups excluding carboxylic acids is 1. The second-order valence-electron chi connectivity index (χ2n) is 10.1. The van der Waals surface area contributed by atoms with Crippen molar-refractivity contribution in [3.8, 4) is 28.3 Å². The molecule has 3 heterocycles. The Bertz CT molecular complexity index is 1560. The number of aromatic nitrogens is 3. The Morgan fingerprint density at radius 1 is 0.952 bits per heavy atom. The van der Waals surface area contributed by atoms with Gasteiger partial charge in [0.15, 0.2) is 0 Å². The minimum absolute atomic E-state index is 0.0674. The minimum atomic E-state index is -2.78. The number of nitrogen functional groups attached to an aromatic ring is 1. The molecule has 2 aromatic heterocycles. The van der Waals surface area contributed by atoms with Gasteiger partial charge in [-0.05, 0) is 66.6 Å². The molecule has 2 aromatic carbocycles. The molecule has 0 spiro atoms. The van der Waals surface area contributed by atoms with Gasteiger partial charge in [0.05, 0.1) is 17.9 Å². The number of hydrogen-bond acceptors (Lipinski definition) is 7. The number of rotatable bonds is 8. The fourth-order valence-corrected chi connectivity index (χ4v) is 5.01. The van der Waals surface area contributed by atoms with Crippen LogP contribution in [-0.2, 0) is 11.2 Å². The first-order valence-corrected chi connectivity index (χ1v) is 13.6. The smallest absolute Gasteiger partial charge is 0.280 e. The number of alkyl halides is 2. The van der Waals surface area contributed by atoms with Gasteiger partial charge in [-0.15, -0.1) is 0 Å². The van der Waals surface area contributed by atoms with Gasteiger partial charge in [-0.25, -0.2) is 18.2 Å². The molecule has 1 amide bonds. The number of anilines is 2. The van der Waals surface area contributed by atoms with E-state index in [0.717, 1.165) is 24.3 Å².